The highest BCUT2D eigenvalue weighted by Gasteiger charge is 2.25. The molecule has 0 radical (unpaired) electrons. The molecule has 0 saturated carbocycles. The lowest BCUT2D eigenvalue weighted by Crippen LogP contribution is -2.48. The minimum absolute atomic E-state index is 0.0755. The minimum Gasteiger partial charge on any atom is -0.368 e. The van der Waals surface area contributed by atoms with Crippen LogP contribution in [0.25, 0.3) is 0 Å². The van der Waals surface area contributed by atoms with E-state index in [1.54, 1.807) is 6.20 Å². The Morgan fingerprint density at radius 1 is 1.22 bits per heavy atom. The molecule has 0 spiro atoms. The fourth-order valence-electron chi connectivity index (χ4n) is 3.91. The summed E-state index contributed by atoms with van der Waals surface area (Å²) in [5, 5.41) is 15.5. The zero-order valence-corrected chi connectivity index (χ0v) is 16.0. The molecular formula is C19H25ClN6O. The molecule has 1 unspecified atom stereocenters. The maximum atomic E-state index is 12.6. The van der Waals surface area contributed by atoms with Crippen LogP contribution < -0.4 is 15.5 Å². The van der Waals surface area contributed by atoms with Crippen molar-refractivity contribution in [3.8, 4) is 0 Å². The van der Waals surface area contributed by atoms with Gasteiger partial charge < -0.3 is 15.5 Å². The fraction of sp³-hybridized carbons (Fsp3) is 0.526. The van der Waals surface area contributed by atoms with Gasteiger partial charge in [-0.3, -0.25) is 4.79 Å². The standard InChI is InChI=1S/C19H25ClN6O/c20-16-5-1-2-6-18(16)25-11-3-4-14(12-25)22-19(27)17-13-26(24-23-17)15-7-9-21-10-8-15/h1-2,5-6,13-15,21H,3-4,7-12H2,(H,22,27). The van der Waals surface area contributed by atoms with Crippen molar-refractivity contribution in [2.75, 3.05) is 31.1 Å². The third-order valence-corrected chi connectivity index (χ3v) is 5.70. The van der Waals surface area contributed by atoms with E-state index >= 15 is 0 Å². The van der Waals surface area contributed by atoms with Gasteiger partial charge >= 0.3 is 0 Å². The molecule has 7 nitrogen and oxygen atoms in total. The second-order valence-corrected chi connectivity index (χ2v) is 7.68. The predicted octanol–water partition coefficient (Wildman–Crippen LogP) is 2.25. The van der Waals surface area contributed by atoms with Crippen LogP contribution in [0.4, 0.5) is 5.69 Å². The van der Waals surface area contributed by atoms with Crippen LogP contribution in [0.5, 0.6) is 0 Å². The second-order valence-electron chi connectivity index (χ2n) is 7.28. The molecular weight excluding hydrogens is 364 g/mol. The minimum atomic E-state index is -0.152. The zero-order valence-electron chi connectivity index (χ0n) is 15.3. The molecule has 4 rings (SSSR count). The Morgan fingerprint density at radius 3 is 2.85 bits per heavy atom. The molecule has 2 fully saturated rings. The Bertz CT molecular complexity index is 788. The summed E-state index contributed by atoms with van der Waals surface area (Å²) in [5.74, 6) is -0.152. The SMILES string of the molecule is O=C(NC1CCCN(c2ccccc2Cl)C1)c1cn(C2CCNCC2)nn1. The van der Waals surface area contributed by atoms with Crippen molar-refractivity contribution in [3.05, 3.63) is 41.2 Å². The molecule has 2 saturated heterocycles. The van der Waals surface area contributed by atoms with E-state index in [2.05, 4.69) is 25.8 Å². The number of nitrogens with zero attached hydrogens (tertiary/aromatic N) is 4. The number of rotatable bonds is 4. The van der Waals surface area contributed by atoms with Gasteiger partial charge in [0.15, 0.2) is 5.69 Å². The van der Waals surface area contributed by atoms with Crippen LogP contribution in [0.3, 0.4) is 0 Å². The topological polar surface area (TPSA) is 75.1 Å². The smallest absolute Gasteiger partial charge is 0.273 e. The largest absolute Gasteiger partial charge is 0.368 e. The molecule has 2 aliphatic heterocycles. The Hall–Kier alpha value is -2.12. The van der Waals surface area contributed by atoms with Crippen molar-refractivity contribution in [2.24, 2.45) is 0 Å². The third-order valence-electron chi connectivity index (χ3n) is 5.38. The third kappa shape index (κ3) is 4.25. The molecule has 1 aromatic heterocycles. The van der Waals surface area contributed by atoms with E-state index in [0.717, 1.165) is 62.6 Å². The summed E-state index contributed by atoms with van der Waals surface area (Å²) >= 11 is 6.33. The lowest BCUT2D eigenvalue weighted by Gasteiger charge is -2.35. The van der Waals surface area contributed by atoms with Gasteiger partial charge in [-0.15, -0.1) is 5.10 Å². The highest BCUT2D eigenvalue weighted by molar-refractivity contribution is 6.33. The number of aromatic nitrogens is 3. The Kier molecular flexibility index (Phi) is 5.59. The normalized spacial score (nSPS) is 21.2. The van der Waals surface area contributed by atoms with E-state index in [1.165, 1.54) is 0 Å². The molecule has 0 bridgehead atoms. The van der Waals surface area contributed by atoms with Gasteiger partial charge in [-0.05, 0) is 50.9 Å². The second kappa shape index (κ2) is 8.27. The van der Waals surface area contributed by atoms with Crippen LogP contribution in [0.2, 0.25) is 5.02 Å². The molecule has 8 heteroatoms. The van der Waals surface area contributed by atoms with E-state index in [9.17, 15) is 4.79 Å². The Morgan fingerprint density at radius 2 is 2.04 bits per heavy atom. The molecule has 1 atom stereocenters. The molecule has 1 amide bonds. The maximum Gasteiger partial charge on any atom is 0.273 e. The maximum absolute atomic E-state index is 12.6. The van der Waals surface area contributed by atoms with E-state index in [1.807, 2.05) is 28.9 Å². The Balaban J connectivity index is 1.38. The molecule has 2 aliphatic rings. The van der Waals surface area contributed by atoms with E-state index in [0.29, 0.717) is 11.7 Å². The van der Waals surface area contributed by atoms with Crippen LogP contribution in [-0.4, -0.2) is 53.1 Å². The molecule has 1 aromatic carbocycles. The first-order valence-electron chi connectivity index (χ1n) is 9.63. The summed E-state index contributed by atoms with van der Waals surface area (Å²) in [6, 6.07) is 8.25. The van der Waals surface area contributed by atoms with Crippen LogP contribution >= 0.6 is 11.6 Å². The summed E-state index contributed by atoms with van der Waals surface area (Å²) in [6.45, 7) is 3.65. The van der Waals surface area contributed by atoms with Crippen molar-refractivity contribution in [3.63, 3.8) is 0 Å². The molecule has 27 heavy (non-hydrogen) atoms. The number of benzene rings is 1. The lowest BCUT2D eigenvalue weighted by molar-refractivity contribution is 0.0928. The van der Waals surface area contributed by atoms with Crippen molar-refractivity contribution in [1.29, 1.82) is 0 Å². The van der Waals surface area contributed by atoms with Crippen LogP contribution in [0, 0.1) is 0 Å². The Labute approximate surface area is 164 Å². The predicted molar refractivity (Wildman–Crippen MR) is 105 cm³/mol. The number of halogens is 1. The van der Waals surface area contributed by atoms with E-state index in [4.69, 9.17) is 11.6 Å². The van der Waals surface area contributed by atoms with Gasteiger partial charge in [0, 0.05) is 19.1 Å². The number of hydrogen-bond donors (Lipinski definition) is 2. The van der Waals surface area contributed by atoms with Gasteiger partial charge in [0.1, 0.15) is 0 Å². The first-order chi connectivity index (χ1) is 13.2. The van der Waals surface area contributed by atoms with Gasteiger partial charge in [-0.25, -0.2) is 4.68 Å². The van der Waals surface area contributed by atoms with Crippen molar-refractivity contribution >= 4 is 23.2 Å². The molecule has 144 valence electrons. The zero-order chi connectivity index (χ0) is 18.6. The molecule has 2 N–H and O–H groups in total. The average molecular weight is 389 g/mol. The number of nitrogens with one attached hydrogen (secondary N) is 2. The van der Waals surface area contributed by atoms with Crippen LogP contribution in [0.1, 0.15) is 42.2 Å². The van der Waals surface area contributed by atoms with Gasteiger partial charge in [0.2, 0.25) is 0 Å². The number of carbonyl (C=O) groups excluding carboxylic acids is 1. The molecule has 0 aliphatic carbocycles. The summed E-state index contributed by atoms with van der Waals surface area (Å²) in [5.41, 5.74) is 1.42. The number of hydrogen-bond acceptors (Lipinski definition) is 5. The summed E-state index contributed by atoms with van der Waals surface area (Å²) in [4.78, 5) is 14.9. The lowest BCUT2D eigenvalue weighted by atomic mass is 10.0. The number of para-hydroxylation sites is 1. The van der Waals surface area contributed by atoms with Crippen LogP contribution in [0.15, 0.2) is 30.5 Å². The average Bonchev–Trinajstić information content (AvgIpc) is 3.20. The van der Waals surface area contributed by atoms with Crippen molar-refractivity contribution in [2.45, 2.75) is 37.8 Å². The molecule has 3 heterocycles. The summed E-state index contributed by atoms with van der Waals surface area (Å²) < 4.78 is 1.84. The summed E-state index contributed by atoms with van der Waals surface area (Å²) in [6.07, 6.45) is 5.77. The van der Waals surface area contributed by atoms with Gasteiger partial charge in [-0.1, -0.05) is 28.9 Å². The fourth-order valence-corrected chi connectivity index (χ4v) is 4.17. The van der Waals surface area contributed by atoms with Crippen LogP contribution in [-0.2, 0) is 0 Å². The number of carbonyl (C=O) groups is 1. The van der Waals surface area contributed by atoms with Crippen molar-refractivity contribution in [1.82, 2.24) is 25.6 Å². The van der Waals surface area contributed by atoms with Gasteiger partial charge in [-0.2, -0.15) is 0 Å². The summed E-state index contributed by atoms with van der Waals surface area (Å²) in [7, 11) is 0. The number of anilines is 1. The van der Waals surface area contributed by atoms with E-state index in [-0.39, 0.29) is 11.9 Å². The highest BCUT2D eigenvalue weighted by atomic mass is 35.5. The number of piperidine rings is 2. The first kappa shape index (κ1) is 18.3. The molecule has 2 aromatic rings. The number of amides is 1. The highest BCUT2D eigenvalue weighted by Crippen LogP contribution is 2.27. The van der Waals surface area contributed by atoms with Gasteiger partial charge in [0.25, 0.3) is 5.91 Å². The van der Waals surface area contributed by atoms with Gasteiger partial charge in [0.05, 0.1) is 22.9 Å². The monoisotopic (exact) mass is 388 g/mol. The quantitative estimate of drug-likeness (QED) is 0.840. The van der Waals surface area contributed by atoms with Crippen molar-refractivity contribution < 1.29 is 4.79 Å². The first-order valence-corrected chi connectivity index (χ1v) is 10.0. The van der Waals surface area contributed by atoms with E-state index < -0.39 is 0 Å².